The molecular weight excluding hydrogens is 390 g/mol. The number of hydrogen-bond acceptors (Lipinski definition) is 5. The van der Waals surface area contributed by atoms with Gasteiger partial charge in [0.05, 0.1) is 11.5 Å². The minimum atomic E-state index is -0.580. The summed E-state index contributed by atoms with van der Waals surface area (Å²) in [5.74, 6) is 1.68. The van der Waals surface area contributed by atoms with Gasteiger partial charge in [0.2, 0.25) is 0 Å². The van der Waals surface area contributed by atoms with Gasteiger partial charge in [-0.15, -0.1) is 11.3 Å². The Bertz CT molecular complexity index is 1140. The molecule has 0 saturated heterocycles. The molecule has 0 aliphatic heterocycles. The van der Waals surface area contributed by atoms with Crippen LogP contribution in [0.15, 0.2) is 60.7 Å². The quantitative estimate of drug-likeness (QED) is 0.448. The van der Waals surface area contributed by atoms with Gasteiger partial charge >= 0.3 is 0 Å². The summed E-state index contributed by atoms with van der Waals surface area (Å²) in [4.78, 5) is 12.4. The molecule has 0 bridgehead atoms. The van der Waals surface area contributed by atoms with Crippen molar-refractivity contribution in [1.82, 2.24) is 9.97 Å². The van der Waals surface area contributed by atoms with Crippen molar-refractivity contribution in [3.05, 3.63) is 88.1 Å². The topological polar surface area (TPSA) is 58.0 Å². The molecule has 2 N–H and O–H groups in total. The van der Waals surface area contributed by atoms with E-state index < -0.39 is 6.10 Å². The Labute approximate surface area is 180 Å². The summed E-state index contributed by atoms with van der Waals surface area (Å²) in [5, 5.41) is 15.3. The van der Waals surface area contributed by atoms with Crippen LogP contribution in [0.4, 0.5) is 5.82 Å². The van der Waals surface area contributed by atoms with Gasteiger partial charge in [-0.25, -0.2) is 9.97 Å². The van der Waals surface area contributed by atoms with Crippen LogP contribution in [0.2, 0.25) is 0 Å². The average molecular weight is 416 g/mol. The van der Waals surface area contributed by atoms with E-state index in [9.17, 15) is 5.11 Å². The summed E-state index contributed by atoms with van der Waals surface area (Å²) < 4.78 is 0. The molecule has 152 valence electrons. The van der Waals surface area contributed by atoms with Crippen molar-refractivity contribution >= 4 is 27.4 Å². The number of aryl methyl sites for hydroxylation is 2. The Morgan fingerprint density at radius 1 is 0.933 bits per heavy atom. The zero-order valence-corrected chi connectivity index (χ0v) is 17.7. The van der Waals surface area contributed by atoms with E-state index in [2.05, 4.69) is 17.4 Å². The second-order valence-electron chi connectivity index (χ2n) is 7.85. The number of nitrogens with zero attached hydrogens (tertiary/aromatic N) is 2. The monoisotopic (exact) mass is 415 g/mol. The molecule has 5 heteroatoms. The summed E-state index contributed by atoms with van der Waals surface area (Å²) in [7, 11) is 0. The molecular formula is C25H25N3OS. The number of aliphatic hydroxyl groups excluding tert-OH is 1. The summed E-state index contributed by atoms with van der Waals surface area (Å²) in [6.45, 7) is 0.422. The molecule has 1 aliphatic carbocycles. The van der Waals surface area contributed by atoms with Crippen molar-refractivity contribution in [1.29, 1.82) is 0 Å². The molecule has 5 rings (SSSR count). The highest BCUT2D eigenvalue weighted by Crippen LogP contribution is 2.39. The second-order valence-corrected chi connectivity index (χ2v) is 8.93. The lowest BCUT2D eigenvalue weighted by molar-refractivity contribution is 0.191. The number of thiophene rings is 1. The lowest BCUT2D eigenvalue weighted by Crippen LogP contribution is -2.14. The summed E-state index contributed by atoms with van der Waals surface area (Å²) in [6, 6.07) is 20.1. The zero-order valence-electron chi connectivity index (χ0n) is 16.8. The number of benzene rings is 2. The Morgan fingerprint density at radius 3 is 2.47 bits per heavy atom. The molecule has 4 aromatic rings. The molecule has 4 nitrogen and oxygen atoms in total. The number of hydrogen-bond donors (Lipinski definition) is 2. The van der Waals surface area contributed by atoms with Gasteiger partial charge < -0.3 is 10.4 Å². The number of aliphatic hydroxyl groups is 1. The number of anilines is 1. The third-order valence-corrected chi connectivity index (χ3v) is 6.90. The first kappa shape index (κ1) is 19.2. The Balaban J connectivity index is 1.49. The van der Waals surface area contributed by atoms with E-state index in [4.69, 9.17) is 9.97 Å². The van der Waals surface area contributed by atoms with Gasteiger partial charge in [0, 0.05) is 17.8 Å². The maximum atomic E-state index is 10.6. The molecule has 0 spiro atoms. The number of fused-ring (bicyclic) bond motifs is 3. The minimum Gasteiger partial charge on any atom is -0.387 e. The second kappa shape index (κ2) is 8.54. The maximum Gasteiger partial charge on any atom is 0.138 e. The number of aromatic nitrogens is 2. The van der Waals surface area contributed by atoms with Crippen molar-refractivity contribution in [3.63, 3.8) is 0 Å². The molecule has 1 unspecified atom stereocenters. The lowest BCUT2D eigenvalue weighted by Gasteiger charge is -2.16. The van der Waals surface area contributed by atoms with Crippen LogP contribution in [0.25, 0.3) is 10.2 Å². The van der Waals surface area contributed by atoms with E-state index >= 15 is 0 Å². The first-order valence-electron chi connectivity index (χ1n) is 10.6. The number of nitrogens with one attached hydrogen (secondary N) is 1. The van der Waals surface area contributed by atoms with Gasteiger partial charge in [-0.3, -0.25) is 0 Å². The third-order valence-electron chi connectivity index (χ3n) is 5.71. The highest BCUT2D eigenvalue weighted by Gasteiger charge is 2.21. The van der Waals surface area contributed by atoms with Gasteiger partial charge in [-0.1, -0.05) is 60.7 Å². The van der Waals surface area contributed by atoms with Crippen molar-refractivity contribution < 1.29 is 5.11 Å². The normalized spacial score (nSPS) is 14.4. The largest absolute Gasteiger partial charge is 0.387 e. The first-order valence-corrected chi connectivity index (χ1v) is 11.4. The highest BCUT2D eigenvalue weighted by molar-refractivity contribution is 7.19. The van der Waals surface area contributed by atoms with Crippen molar-refractivity contribution in [2.24, 2.45) is 0 Å². The van der Waals surface area contributed by atoms with Crippen molar-refractivity contribution in [3.8, 4) is 0 Å². The summed E-state index contributed by atoms with van der Waals surface area (Å²) >= 11 is 1.82. The van der Waals surface area contributed by atoms with E-state index in [0.717, 1.165) is 40.3 Å². The molecule has 2 heterocycles. The fourth-order valence-corrected chi connectivity index (χ4v) is 5.45. The highest BCUT2D eigenvalue weighted by atomic mass is 32.1. The maximum absolute atomic E-state index is 10.6. The molecule has 2 aromatic carbocycles. The van der Waals surface area contributed by atoms with Crippen LogP contribution in [0, 0.1) is 0 Å². The fraction of sp³-hybridized carbons (Fsp3) is 0.280. The molecule has 0 radical (unpaired) electrons. The van der Waals surface area contributed by atoms with E-state index in [1.807, 2.05) is 59.9 Å². The van der Waals surface area contributed by atoms with Crippen LogP contribution in [-0.4, -0.2) is 21.6 Å². The lowest BCUT2D eigenvalue weighted by atomic mass is 9.97. The van der Waals surface area contributed by atoms with Gasteiger partial charge in [-0.05, 0) is 42.4 Å². The van der Waals surface area contributed by atoms with Gasteiger partial charge in [-0.2, -0.15) is 0 Å². The molecule has 2 aromatic heterocycles. The van der Waals surface area contributed by atoms with E-state index in [0.29, 0.717) is 13.0 Å². The van der Waals surface area contributed by atoms with E-state index in [1.165, 1.54) is 28.8 Å². The predicted octanol–water partition coefficient (Wildman–Crippen LogP) is 5.31. The van der Waals surface area contributed by atoms with E-state index in [-0.39, 0.29) is 0 Å². The Hall–Kier alpha value is -2.76. The fourth-order valence-electron chi connectivity index (χ4n) is 4.17. The van der Waals surface area contributed by atoms with Crippen LogP contribution < -0.4 is 5.32 Å². The van der Waals surface area contributed by atoms with Gasteiger partial charge in [0.15, 0.2) is 0 Å². The minimum absolute atomic E-state index is 0.422. The van der Waals surface area contributed by atoms with Gasteiger partial charge in [0.1, 0.15) is 16.5 Å². The molecule has 0 fully saturated rings. The molecule has 0 amide bonds. The molecule has 0 saturated carbocycles. The van der Waals surface area contributed by atoms with Crippen LogP contribution in [0.5, 0.6) is 0 Å². The molecule has 1 aliphatic rings. The third kappa shape index (κ3) is 3.95. The Kier molecular flexibility index (Phi) is 5.47. The van der Waals surface area contributed by atoms with Gasteiger partial charge in [0.25, 0.3) is 0 Å². The smallest absolute Gasteiger partial charge is 0.138 e. The predicted molar refractivity (Wildman–Crippen MR) is 123 cm³/mol. The zero-order chi connectivity index (χ0) is 20.3. The average Bonchev–Trinajstić information content (AvgIpc) is 3.17. The summed E-state index contributed by atoms with van der Waals surface area (Å²) in [5.41, 5.74) is 3.52. The summed E-state index contributed by atoms with van der Waals surface area (Å²) in [6.07, 6.45) is 4.82. The van der Waals surface area contributed by atoms with Crippen LogP contribution in [0.3, 0.4) is 0 Å². The van der Waals surface area contributed by atoms with Crippen molar-refractivity contribution in [2.75, 3.05) is 11.9 Å². The SMILES string of the molecule is OC(CNc1nc(Cc2ccccc2)nc2sc3c(c12)CCCC3)c1ccccc1. The first-order chi connectivity index (χ1) is 14.8. The van der Waals surface area contributed by atoms with Crippen molar-refractivity contribution in [2.45, 2.75) is 38.2 Å². The standard InChI is InChI=1S/C25H25N3OS/c29-20(18-11-5-2-6-12-18)16-26-24-23-19-13-7-8-14-21(19)30-25(23)28-22(27-24)15-17-9-3-1-4-10-17/h1-6,9-12,20,29H,7-8,13-16H2,(H,26,27,28). The van der Waals surface area contributed by atoms with Crippen LogP contribution in [0.1, 0.15) is 46.3 Å². The molecule has 1 atom stereocenters. The van der Waals surface area contributed by atoms with Crippen LogP contribution in [-0.2, 0) is 19.3 Å². The molecule has 30 heavy (non-hydrogen) atoms. The number of rotatable bonds is 6. The van der Waals surface area contributed by atoms with E-state index in [1.54, 1.807) is 0 Å². The Morgan fingerprint density at radius 2 is 1.67 bits per heavy atom. The van der Waals surface area contributed by atoms with Crippen LogP contribution >= 0.6 is 11.3 Å².